The van der Waals surface area contributed by atoms with E-state index in [0.29, 0.717) is 16.5 Å². The smallest absolute Gasteiger partial charge is 0.372 e. The van der Waals surface area contributed by atoms with Gasteiger partial charge in [0.15, 0.2) is 0 Å². The Balaban J connectivity index is 2.31. The molecule has 18 heavy (non-hydrogen) atoms. The molecule has 0 radical (unpaired) electrons. The SMILES string of the molecule is Cc1c(F)c(=O)oc2cc(-n3cccc3)ccc12. The van der Waals surface area contributed by atoms with Gasteiger partial charge < -0.3 is 8.98 Å². The van der Waals surface area contributed by atoms with E-state index in [1.807, 2.05) is 35.2 Å². The van der Waals surface area contributed by atoms with Crippen LogP contribution in [0.5, 0.6) is 0 Å². The van der Waals surface area contributed by atoms with Crippen LogP contribution in [0.1, 0.15) is 5.56 Å². The van der Waals surface area contributed by atoms with Crippen molar-refractivity contribution in [3.63, 3.8) is 0 Å². The quantitative estimate of drug-likeness (QED) is 0.616. The first-order valence-corrected chi connectivity index (χ1v) is 5.53. The minimum Gasteiger partial charge on any atom is -0.421 e. The van der Waals surface area contributed by atoms with E-state index in [2.05, 4.69) is 0 Å². The molecule has 0 amide bonds. The fourth-order valence-electron chi connectivity index (χ4n) is 1.99. The minimum absolute atomic E-state index is 0.320. The summed E-state index contributed by atoms with van der Waals surface area (Å²) in [4.78, 5) is 11.3. The molecule has 0 aliphatic rings. The van der Waals surface area contributed by atoms with E-state index < -0.39 is 11.4 Å². The normalized spacial score (nSPS) is 11.0. The summed E-state index contributed by atoms with van der Waals surface area (Å²) in [5.41, 5.74) is 0.650. The van der Waals surface area contributed by atoms with Crippen LogP contribution in [0.3, 0.4) is 0 Å². The van der Waals surface area contributed by atoms with Crippen molar-refractivity contribution < 1.29 is 8.81 Å². The number of fused-ring (bicyclic) bond motifs is 1. The summed E-state index contributed by atoms with van der Waals surface area (Å²) in [6, 6.07) is 9.14. The Bertz CT molecular complexity index is 772. The molecule has 0 atom stereocenters. The number of aromatic nitrogens is 1. The summed E-state index contributed by atoms with van der Waals surface area (Å²) < 4.78 is 20.3. The first-order chi connectivity index (χ1) is 8.66. The van der Waals surface area contributed by atoms with E-state index >= 15 is 0 Å². The van der Waals surface area contributed by atoms with Crippen LogP contribution in [0.2, 0.25) is 0 Å². The third-order valence-electron chi connectivity index (χ3n) is 2.98. The topological polar surface area (TPSA) is 35.1 Å². The number of nitrogens with zero attached hydrogens (tertiary/aromatic N) is 1. The highest BCUT2D eigenvalue weighted by Crippen LogP contribution is 2.21. The summed E-state index contributed by atoms with van der Waals surface area (Å²) >= 11 is 0. The van der Waals surface area contributed by atoms with Gasteiger partial charge in [-0.2, -0.15) is 4.39 Å². The van der Waals surface area contributed by atoms with Gasteiger partial charge in [-0.05, 0) is 31.2 Å². The summed E-state index contributed by atoms with van der Waals surface area (Å²) in [7, 11) is 0. The Morgan fingerprint density at radius 3 is 2.67 bits per heavy atom. The lowest BCUT2D eigenvalue weighted by Crippen LogP contribution is -2.07. The second-order valence-corrected chi connectivity index (χ2v) is 4.10. The van der Waals surface area contributed by atoms with Crippen LogP contribution in [0.4, 0.5) is 4.39 Å². The van der Waals surface area contributed by atoms with Crippen molar-refractivity contribution in [2.75, 3.05) is 0 Å². The van der Waals surface area contributed by atoms with Crippen molar-refractivity contribution in [1.82, 2.24) is 4.57 Å². The summed E-state index contributed by atoms with van der Waals surface area (Å²) in [6.07, 6.45) is 3.77. The van der Waals surface area contributed by atoms with Gasteiger partial charge in [-0.1, -0.05) is 0 Å². The van der Waals surface area contributed by atoms with E-state index in [-0.39, 0.29) is 0 Å². The Hall–Kier alpha value is -2.36. The molecule has 2 heterocycles. The molecule has 0 aliphatic carbocycles. The zero-order valence-electron chi connectivity index (χ0n) is 9.68. The molecule has 4 heteroatoms. The molecule has 2 aromatic heterocycles. The molecule has 0 unspecified atom stereocenters. The Morgan fingerprint density at radius 2 is 1.94 bits per heavy atom. The number of benzene rings is 1. The monoisotopic (exact) mass is 243 g/mol. The highest BCUT2D eigenvalue weighted by molar-refractivity contribution is 5.82. The van der Waals surface area contributed by atoms with Crippen LogP contribution in [0.15, 0.2) is 51.9 Å². The molecule has 0 fully saturated rings. The van der Waals surface area contributed by atoms with Crippen molar-refractivity contribution in [3.8, 4) is 5.69 Å². The number of hydrogen-bond donors (Lipinski definition) is 0. The van der Waals surface area contributed by atoms with Crippen LogP contribution in [0.25, 0.3) is 16.7 Å². The third-order valence-corrected chi connectivity index (χ3v) is 2.98. The first-order valence-electron chi connectivity index (χ1n) is 5.53. The Morgan fingerprint density at radius 1 is 1.22 bits per heavy atom. The molecule has 1 aromatic carbocycles. The van der Waals surface area contributed by atoms with Gasteiger partial charge >= 0.3 is 5.63 Å². The third kappa shape index (κ3) is 1.54. The fraction of sp³-hybridized carbons (Fsp3) is 0.0714. The number of rotatable bonds is 1. The van der Waals surface area contributed by atoms with Crippen molar-refractivity contribution in [3.05, 3.63) is 64.5 Å². The lowest BCUT2D eigenvalue weighted by molar-refractivity contribution is 0.482. The standard InChI is InChI=1S/C14H10FNO2/c1-9-11-5-4-10(16-6-2-3-7-16)8-12(11)18-14(17)13(9)15/h2-8H,1H3. The van der Waals surface area contributed by atoms with Crippen LogP contribution in [-0.2, 0) is 0 Å². The van der Waals surface area contributed by atoms with E-state index in [1.165, 1.54) is 0 Å². The van der Waals surface area contributed by atoms with Gasteiger partial charge in [-0.25, -0.2) is 4.79 Å². The molecule has 0 aliphatic heterocycles. The second kappa shape index (κ2) is 3.84. The highest BCUT2D eigenvalue weighted by atomic mass is 19.1. The van der Waals surface area contributed by atoms with Crippen LogP contribution in [0, 0.1) is 12.7 Å². The maximum Gasteiger partial charge on any atom is 0.372 e. The van der Waals surface area contributed by atoms with Crippen LogP contribution >= 0.6 is 0 Å². The molecule has 3 aromatic rings. The molecule has 90 valence electrons. The van der Waals surface area contributed by atoms with E-state index in [1.54, 1.807) is 19.1 Å². The van der Waals surface area contributed by atoms with Crippen molar-refractivity contribution in [2.24, 2.45) is 0 Å². The van der Waals surface area contributed by atoms with Gasteiger partial charge in [0.25, 0.3) is 0 Å². The van der Waals surface area contributed by atoms with Crippen molar-refractivity contribution in [2.45, 2.75) is 6.92 Å². The van der Waals surface area contributed by atoms with E-state index in [4.69, 9.17) is 4.42 Å². The van der Waals surface area contributed by atoms with Gasteiger partial charge in [-0.15, -0.1) is 0 Å². The summed E-state index contributed by atoms with van der Waals surface area (Å²) in [6.45, 7) is 1.57. The minimum atomic E-state index is -0.926. The van der Waals surface area contributed by atoms with Crippen LogP contribution in [-0.4, -0.2) is 4.57 Å². The second-order valence-electron chi connectivity index (χ2n) is 4.10. The van der Waals surface area contributed by atoms with Gasteiger partial charge in [-0.3, -0.25) is 0 Å². The van der Waals surface area contributed by atoms with Crippen molar-refractivity contribution in [1.29, 1.82) is 0 Å². The van der Waals surface area contributed by atoms with Gasteiger partial charge in [0.05, 0.1) is 0 Å². The average molecular weight is 243 g/mol. The molecule has 0 spiro atoms. The Labute approximate surface area is 102 Å². The van der Waals surface area contributed by atoms with E-state index in [0.717, 1.165) is 5.69 Å². The number of aryl methyl sites for hydroxylation is 1. The lowest BCUT2D eigenvalue weighted by Gasteiger charge is -2.06. The predicted molar refractivity (Wildman–Crippen MR) is 66.5 cm³/mol. The number of halogens is 1. The molecular formula is C14H10FNO2. The van der Waals surface area contributed by atoms with Gasteiger partial charge in [0.1, 0.15) is 5.58 Å². The van der Waals surface area contributed by atoms with Gasteiger partial charge in [0.2, 0.25) is 5.82 Å². The summed E-state index contributed by atoms with van der Waals surface area (Å²) in [5, 5.41) is 0.614. The predicted octanol–water partition coefficient (Wildman–Crippen LogP) is 3.03. The maximum absolute atomic E-state index is 13.4. The Kier molecular flexibility index (Phi) is 2.30. The zero-order chi connectivity index (χ0) is 12.7. The molecule has 0 bridgehead atoms. The lowest BCUT2D eigenvalue weighted by atomic mass is 10.1. The molecule has 0 saturated carbocycles. The molecule has 3 nitrogen and oxygen atoms in total. The fourth-order valence-corrected chi connectivity index (χ4v) is 1.99. The average Bonchev–Trinajstić information content (AvgIpc) is 2.89. The van der Waals surface area contributed by atoms with Crippen LogP contribution < -0.4 is 5.63 Å². The summed E-state index contributed by atoms with van der Waals surface area (Å²) in [5.74, 6) is -0.823. The molecule has 0 saturated heterocycles. The largest absolute Gasteiger partial charge is 0.421 e. The first kappa shape index (κ1) is 10.8. The maximum atomic E-state index is 13.4. The number of hydrogen-bond acceptors (Lipinski definition) is 2. The molecule has 0 N–H and O–H groups in total. The highest BCUT2D eigenvalue weighted by Gasteiger charge is 2.11. The molecular weight excluding hydrogens is 233 g/mol. The van der Waals surface area contributed by atoms with E-state index in [9.17, 15) is 9.18 Å². The van der Waals surface area contributed by atoms with Crippen molar-refractivity contribution >= 4 is 11.0 Å². The molecule has 3 rings (SSSR count). The zero-order valence-corrected chi connectivity index (χ0v) is 9.68. The van der Waals surface area contributed by atoms with Gasteiger partial charge in [0, 0.05) is 35.1 Å².